The summed E-state index contributed by atoms with van der Waals surface area (Å²) in [5, 5.41) is 10.6. The molecule has 0 saturated carbocycles. The van der Waals surface area contributed by atoms with E-state index in [9.17, 15) is 23.3 Å². The molecule has 0 spiro atoms. The zero-order chi connectivity index (χ0) is 16.9. The summed E-state index contributed by atoms with van der Waals surface area (Å²) in [5.41, 5.74) is 1.38. The monoisotopic (exact) mass is 323 g/mol. The van der Waals surface area contributed by atoms with Crippen molar-refractivity contribution in [1.82, 2.24) is 0 Å². The van der Waals surface area contributed by atoms with Crippen LogP contribution in [0.5, 0.6) is 5.75 Å². The lowest BCUT2D eigenvalue weighted by molar-refractivity contribution is -0.384. The highest BCUT2D eigenvalue weighted by Crippen LogP contribution is 2.20. The molecule has 0 fully saturated rings. The Kier molecular flexibility index (Phi) is 5.00. The summed E-state index contributed by atoms with van der Waals surface area (Å²) in [6, 6.07) is 12.1. The minimum Gasteiger partial charge on any atom is -0.484 e. The van der Waals surface area contributed by atoms with Crippen molar-refractivity contribution in [3.05, 3.63) is 69.8 Å². The van der Waals surface area contributed by atoms with Gasteiger partial charge in [-0.05, 0) is 35.4 Å². The molecule has 2 aromatic carbocycles. The van der Waals surface area contributed by atoms with Gasteiger partial charge in [0.15, 0.2) is 6.61 Å². The third-order valence-electron chi connectivity index (χ3n) is 2.83. The zero-order valence-corrected chi connectivity index (χ0v) is 11.8. The van der Waals surface area contributed by atoms with E-state index in [2.05, 4.69) is 4.74 Å². The second kappa shape index (κ2) is 6.95. The molecule has 120 valence electrons. The van der Waals surface area contributed by atoms with Crippen LogP contribution < -0.4 is 4.74 Å². The first-order chi connectivity index (χ1) is 10.8. The summed E-state index contributed by atoms with van der Waals surface area (Å²) < 4.78 is 41.0. The molecule has 0 amide bonds. The molecular weight excluding hydrogens is 311 g/mol. The molecule has 0 bridgehead atoms. The Balaban J connectivity index is 2.06. The number of hydrogen-bond acceptors (Lipinski definition) is 3. The molecule has 2 aromatic rings. The molecule has 0 atom stereocenters. The van der Waals surface area contributed by atoms with Gasteiger partial charge in [0.2, 0.25) is 0 Å². The molecule has 7 heteroatoms. The Bertz CT molecular complexity index is 709. The second-order valence-electron chi connectivity index (χ2n) is 4.66. The summed E-state index contributed by atoms with van der Waals surface area (Å²) in [4.78, 5) is 10.1. The van der Waals surface area contributed by atoms with E-state index in [0.717, 1.165) is 5.56 Å². The van der Waals surface area contributed by atoms with Crippen LogP contribution in [-0.2, 0) is 0 Å². The average molecular weight is 323 g/mol. The fourth-order valence-corrected chi connectivity index (χ4v) is 1.77. The number of nitro benzene ring substituents is 1. The highest BCUT2D eigenvalue weighted by molar-refractivity contribution is 5.70. The number of alkyl halides is 3. The minimum atomic E-state index is -4.38. The summed E-state index contributed by atoms with van der Waals surface area (Å²) in [5.74, 6) is 0.119. The highest BCUT2D eigenvalue weighted by atomic mass is 19.4. The third kappa shape index (κ3) is 5.46. The van der Waals surface area contributed by atoms with Gasteiger partial charge in [0.1, 0.15) is 5.75 Å². The van der Waals surface area contributed by atoms with Gasteiger partial charge < -0.3 is 4.74 Å². The maximum absolute atomic E-state index is 12.1. The van der Waals surface area contributed by atoms with Crippen LogP contribution in [0.25, 0.3) is 12.2 Å². The van der Waals surface area contributed by atoms with E-state index in [0.29, 0.717) is 5.56 Å². The van der Waals surface area contributed by atoms with Gasteiger partial charge in [0.05, 0.1) is 4.92 Å². The van der Waals surface area contributed by atoms with Gasteiger partial charge in [-0.2, -0.15) is 13.2 Å². The van der Waals surface area contributed by atoms with Crippen molar-refractivity contribution in [2.24, 2.45) is 0 Å². The number of hydrogen-bond donors (Lipinski definition) is 0. The first kappa shape index (κ1) is 16.5. The minimum absolute atomic E-state index is 0.00954. The Morgan fingerprint density at radius 1 is 1.04 bits per heavy atom. The summed E-state index contributed by atoms with van der Waals surface area (Å²) in [7, 11) is 0. The first-order valence-electron chi connectivity index (χ1n) is 6.56. The van der Waals surface area contributed by atoms with Crippen molar-refractivity contribution in [3.63, 3.8) is 0 Å². The van der Waals surface area contributed by atoms with Gasteiger partial charge in [-0.15, -0.1) is 0 Å². The lowest BCUT2D eigenvalue weighted by Gasteiger charge is -2.09. The average Bonchev–Trinajstić information content (AvgIpc) is 2.51. The van der Waals surface area contributed by atoms with Crippen LogP contribution in [0.3, 0.4) is 0 Å². The van der Waals surface area contributed by atoms with E-state index < -0.39 is 17.7 Å². The second-order valence-corrected chi connectivity index (χ2v) is 4.66. The Labute approximate surface area is 130 Å². The fourth-order valence-electron chi connectivity index (χ4n) is 1.77. The van der Waals surface area contributed by atoms with Crippen LogP contribution in [0.15, 0.2) is 48.5 Å². The number of benzene rings is 2. The van der Waals surface area contributed by atoms with Crippen molar-refractivity contribution in [3.8, 4) is 5.75 Å². The van der Waals surface area contributed by atoms with Crippen LogP contribution in [0.4, 0.5) is 18.9 Å². The topological polar surface area (TPSA) is 52.4 Å². The van der Waals surface area contributed by atoms with Crippen molar-refractivity contribution in [2.45, 2.75) is 6.18 Å². The molecule has 0 heterocycles. The van der Waals surface area contributed by atoms with Crippen molar-refractivity contribution >= 4 is 17.8 Å². The predicted molar refractivity (Wildman–Crippen MR) is 80.0 cm³/mol. The molecule has 0 aliphatic heterocycles. The molecule has 0 N–H and O–H groups in total. The smallest absolute Gasteiger partial charge is 0.422 e. The SMILES string of the molecule is O=[N+]([O-])c1ccc(C=Cc2cccc(OCC(F)(F)F)c2)cc1. The molecule has 0 radical (unpaired) electrons. The molecule has 0 saturated heterocycles. The number of non-ortho nitro benzene ring substituents is 1. The highest BCUT2D eigenvalue weighted by Gasteiger charge is 2.28. The van der Waals surface area contributed by atoms with Crippen LogP contribution >= 0.6 is 0 Å². The molecule has 0 aromatic heterocycles. The summed E-state index contributed by atoms with van der Waals surface area (Å²) in [6.07, 6.45) is -1.00. The van der Waals surface area contributed by atoms with E-state index >= 15 is 0 Å². The van der Waals surface area contributed by atoms with Crippen LogP contribution in [0.2, 0.25) is 0 Å². The molecule has 4 nitrogen and oxygen atoms in total. The maximum atomic E-state index is 12.1. The number of halogens is 3. The van der Waals surface area contributed by atoms with Gasteiger partial charge in [0.25, 0.3) is 5.69 Å². The van der Waals surface area contributed by atoms with Crippen molar-refractivity contribution in [1.29, 1.82) is 0 Å². The lowest BCUT2D eigenvalue weighted by Crippen LogP contribution is -2.19. The Hall–Kier alpha value is -2.83. The number of ether oxygens (including phenoxy) is 1. The number of rotatable bonds is 5. The van der Waals surface area contributed by atoms with Crippen molar-refractivity contribution in [2.75, 3.05) is 6.61 Å². The zero-order valence-electron chi connectivity index (χ0n) is 11.8. The van der Waals surface area contributed by atoms with E-state index in [-0.39, 0.29) is 11.4 Å². The molecule has 2 rings (SSSR count). The summed E-state index contributed by atoms with van der Waals surface area (Å²) in [6.45, 7) is -1.34. The van der Waals surface area contributed by atoms with Crippen LogP contribution in [-0.4, -0.2) is 17.7 Å². The Morgan fingerprint density at radius 2 is 1.70 bits per heavy atom. The van der Waals surface area contributed by atoms with Gasteiger partial charge in [-0.1, -0.05) is 24.3 Å². The predicted octanol–water partition coefficient (Wildman–Crippen LogP) is 4.71. The largest absolute Gasteiger partial charge is 0.484 e. The number of nitrogens with zero attached hydrogens (tertiary/aromatic N) is 1. The first-order valence-corrected chi connectivity index (χ1v) is 6.56. The van der Waals surface area contributed by atoms with Crippen LogP contribution in [0.1, 0.15) is 11.1 Å². The van der Waals surface area contributed by atoms with Gasteiger partial charge in [-0.25, -0.2) is 0 Å². The summed E-state index contributed by atoms with van der Waals surface area (Å²) >= 11 is 0. The standard InChI is InChI=1S/C16H12F3NO3/c17-16(18,19)11-23-15-3-1-2-13(10-15)5-4-12-6-8-14(9-7-12)20(21)22/h1-10H,11H2. The quantitative estimate of drug-likeness (QED) is 0.455. The van der Waals surface area contributed by atoms with Crippen molar-refractivity contribution < 1.29 is 22.8 Å². The van der Waals surface area contributed by atoms with Crippen LogP contribution in [0, 0.1) is 10.1 Å². The van der Waals surface area contributed by atoms with Gasteiger partial charge in [-0.3, -0.25) is 10.1 Å². The van der Waals surface area contributed by atoms with Gasteiger partial charge in [0, 0.05) is 12.1 Å². The molecule has 0 unspecified atom stereocenters. The van der Waals surface area contributed by atoms with E-state index in [1.54, 1.807) is 36.4 Å². The van der Waals surface area contributed by atoms with E-state index in [1.165, 1.54) is 24.3 Å². The Morgan fingerprint density at radius 3 is 2.30 bits per heavy atom. The normalized spacial score (nSPS) is 11.6. The maximum Gasteiger partial charge on any atom is 0.422 e. The lowest BCUT2D eigenvalue weighted by atomic mass is 10.1. The van der Waals surface area contributed by atoms with E-state index in [1.807, 2.05) is 0 Å². The molecule has 23 heavy (non-hydrogen) atoms. The molecule has 0 aliphatic carbocycles. The molecular formula is C16H12F3NO3. The van der Waals surface area contributed by atoms with E-state index in [4.69, 9.17) is 0 Å². The fraction of sp³-hybridized carbons (Fsp3) is 0.125. The molecule has 0 aliphatic rings. The van der Waals surface area contributed by atoms with Gasteiger partial charge >= 0.3 is 6.18 Å². The third-order valence-corrected chi connectivity index (χ3v) is 2.83. The number of nitro groups is 1.